The van der Waals surface area contributed by atoms with E-state index < -0.39 is 10.0 Å². The molecular formula is C20H30N2O3S. The van der Waals surface area contributed by atoms with E-state index in [2.05, 4.69) is 12.2 Å². The Labute approximate surface area is 157 Å². The van der Waals surface area contributed by atoms with Crippen molar-refractivity contribution < 1.29 is 13.2 Å². The first-order valence-electron chi connectivity index (χ1n) is 9.75. The monoisotopic (exact) mass is 378 g/mol. The van der Waals surface area contributed by atoms with Crippen LogP contribution in [0.4, 0.5) is 0 Å². The van der Waals surface area contributed by atoms with Crippen molar-refractivity contribution >= 4 is 15.9 Å². The van der Waals surface area contributed by atoms with E-state index in [1.54, 1.807) is 12.1 Å². The summed E-state index contributed by atoms with van der Waals surface area (Å²) >= 11 is 0. The number of nitrogens with zero attached hydrogens (tertiary/aromatic N) is 1. The number of piperidine rings is 1. The fourth-order valence-electron chi connectivity index (χ4n) is 4.07. The van der Waals surface area contributed by atoms with E-state index in [1.165, 1.54) is 10.7 Å². The molecule has 1 saturated carbocycles. The summed E-state index contributed by atoms with van der Waals surface area (Å²) < 4.78 is 27.3. The number of amides is 1. The van der Waals surface area contributed by atoms with Gasteiger partial charge in [-0.1, -0.05) is 37.5 Å². The molecule has 1 aliphatic heterocycles. The van der Waals surface area contributed by atoms with Crippen molar-refractivity contribution in [2.75, 3.05) is 13.1 Å². The Kier molecular flexibility index (Phi) is 6.03. The predicted octanol–water partition coefficient (Wildman–Crippen LogP) is 3.09. The third kappa shape index (κ3) is 4.29. The van der Waals surface area contributed by atoms with Crippen LogP contribution in [-0.2, 0) is 14.8 Å². The smallest absolute Gasteiger partial charge is 0.243 e. The molecule has 1 N–H and O–H groups in total. The number of hydrogen-bond donors (Lipinski definition) is 1. The third-order valence-corrected chi connectivity index (χ3v) is 7.73. The molecule has 1 saturated heterocycles. The van der Waals surface area contributed by atoms with Gasteiger partial charge in [-0.25, -0.2) is 8.42 Å². The van der Waals surface area contributed by atoms with Crippen LogP contribution in [0.15, 0.2) is 29.2 Å². The molecule has 0 bridgehead atoms. The maximum Gasteiger partial charge on any atom is 0.243 e. The molecule has 0 radical (unpaired) electrons. The average molecular weight is 379 g/mol. The van der Waals surface area contributed by atoms with Crippen molar-refractivity contribution in [3.63, 3.8) is 0 Å². The van der Waals surface area contributed by atoms with Crippen LogP contribution in [0.5, 0.6) is 0 Å². The molecule has 1 aliphatic carbocycles. The molecular weight excluding hydrogens is 348 g/mol. The first kappa shape index (κ1) is 19.4. The zero-order valence-corrected chi connectivity index (χ0v) is 16.6. The molecule has 144 valence electrons. The number of benzene rings is 1. The van der Waals surface area contributed by atoms with E-state index in [4.69, 9.17) is 0 Å². The van der Waals surface area contributed by atoms with Crippen molar-refractivity contribution in [2.24, 2.45) is 11.8 Å². The number of rotatable bonds is 4. The first-order chi connectivity index (χ1) is 12.4. The lowest BCUT2D eigenvalue weighted by Crippen LogP contribution is -2.49. The zero-order chi connectivity index (χ0) is 18.7. The number of nitrogens with one attached hydrogen (secondary N) is 1. The molecule has 3 rings (SSSR count). The summed E-state index contributed by atoms with van der Waals surface area (Å²) in [5, 5.41) is 3.20. The second kappa shape index (κ2) is 8.09. The van der Waals surface area contributed by atoms with Crippen molar-refractivity contribution in [3.8, 4) is 0 Å². The van der Waals surface area contributed by atoms with E-state index in [9.17, 15) is 13.2 Å². The van der Waals surface area contributed by atoms with Crippen molar-refractivity contribution in [1.82, 2.24) is 9.62 Å². The lowest BCUT2D eigenvalue weighted by molar-refractivity contribution is -0.127. The van der Waals surface area contributed by atoms with Crippen molar-refractivity contribution in [2.45, 2.75) is 63.3 Å². The van der Waals surface area contributed by atoms with E-state index in [0.717, 1.165) is 37.7 Å². The Balaban J connectivity index is 1.66. The number of sulfonamides is 1. The molecule has 0 spiro atoms. The van der Waals surface area contributed by atoms with Gasteiger partial charge in [0.05, 0.1) is 10.8 Å². The summed E-state index contributed by atoms with van der Waals surface area (Å²) in [4.78, 5) is 13.0. The summed E-state index contributed by atoms with van der Waals surface area (Å²) in [5.41, 5.74) is 1.03. The lowest BCUT2D eigenvalue weighted by atomic mass is 9.85. The van der Waals surface area contributed by atoms with Gasteiger partial charge in [0.15, 0.2) is 0 Å². The average Bonchev–Trinajstić information content (AvgIpc) is 2.64. The van der Waals surface area contributed by atoms with Gasteiger partial charge in [-0.05, 0) is 50.7 Å². The van der Waals surface area contributed by atoms with Gasteiger partial charge >= 0.3 is 0 Å². The highest BCUT2D eigenvalue weighted by Gasteiger charge is 2.34. The van der Waals surface area contributed by atoms with Crippen LogP contribution >= 0.6 is 0 Å². The van der Waals surface area contributed by atoms with Crippen LogP contribution in [0.2, 0.25) is 0 Å². The fraction of sp³-hybridized carbons (Fsp3) is 0.650. The molecule has 1 aromatic rings. The van der Waals surface area contributed by atoms with Crippen LogP contribution in [0.1, 0.15) is 51.0 Å². The summed E-state index contributed by atoms with van der Waals surface area (Å²) in [5.74, 6) is 0.273. The molecule has 26 heavy (non-hydrogen) atoms. The fourth-order valence-corrected chi connectivity index (χ4v) is 5.59. The molecule has 2 aliphatic rings. The van der Waals surface area contributed by atoms with E-state index in [1.807, 2.05) is 19.1 Å². The van der Waals surface area contributed by atoms with Crippen LogP contribution in [0.3, 0.4) is 0 Å². The maximum atomic E-state index is 12.9. The molecule has 1 amide bonds. The lowest BCUT2D eigenvalue weighted by Gasteiger charge is -2.34. The number of hydrogen-bond acceptors (Lipinski definition) is 3. The topological polar surface area (TPSA) is 66.5 Å². The van der Waals surface area contributed by atoms with Crippen LogP contribution in [0.25, 0.3) is 0 Å². The number of carbonyl (C=O) groups is 1. The molecule has 1 heterocycles. The van der Waals surface area contributed by atoms with Gasteiger partial charge in [0, 0.05) is 19.1 Å². The van der Waals surface area contributed by atoms with Crippen LogP contribution in [-0.4, -0.2) is 37.8 Å². The Morgan fingerprint density at radius 3 is 2.46 bits per heavy atom. The van der Waals surface area contributed by atoms with Gasteiger partial charge in [-0.2, -0.15) is 4.31 Å². The van der Waals surface area contributed by atoms with E-state index >= 15 is 0 Å². The Morgan fingerprint density at radius 2 is 1.77 bits per heavy atom. The highest BCUT2D eigenvalue weighted by molar-refractivity contribution is 7.89. The molecule has 5 nitrogen and oxygen atoms in total. The van der Waals surface area contributed by atoms with Crippen molar-refractivity contribution in [1.29, 1.82) is 0 Å². The normalized spacial score (nSPS) is 27.8. The molecule has 3 atom stereocenters. The zero-order valence-electron chi connectivity index (χ0n) is 15.8. The molecule has 1 aromatic carbocycles. The SMILES string of the molecule is Cc1ccc(S(=O)(=O)N2CCC[C@@H](C(=O)N[C@@H]3CCCC[C@H]3C)C2)cc1. The van der Waals surface area contributed by atoms with Gasteiger partial charge in [-0.3, -0.25) is 4.79 Å². The second-order valence-electron chi connectivity index (χ2n) is 7.89. The minimum Gasteiger partial charge on any atom is -0.353 e. The van der Waals surface area contributed by atoms with Crippen molar-refractivity contribution in [3.05, 3.63) is 29.8 Å². The Morgan fingerprint density at radius 1 is 1.08 bits per heavy atom. The summed E-state index contributed by atoms with van der Waals surface area (Å²) in [6.45, 7) is 4.89. The summed E-state index contributed by atoms with van der Waals surface area (Å²) in [7, 11) is -3.54. The standard InChI is InChI=1S/C20H30N2O3S/c1-15-9-11-18(12-10-15)26(24,25)22-13-5-7-17(14-22)20(23)21-19-8-4-3-6-16(19)2/h9-12,16-17,19H,3-8,13-14H2,1-2H3,(H,21,23)/t16-,17-,19-/m1/s1. The van der Waals surface area contributed by atoms with Gasteiger partial charge in [-0.15, -0.1) is 0 Å². The molecule has 0 unspecified atom stereocenters. The summed E-state index contributed by atoms with van der Waals surface area (Å²) in [6, 6.07) is 7.16. The van der Waals surface area contributed by atoms with E-state index in [0.29, 0.717) is 17.4 Å². The second-order valence-corrected chi connectivity index (χ2v) is 9.83. The quantitative estimate of drug-likeness (QED) is 0.875. The largest absolute Gasteiger partial charge is 0.353 e. The summed E-state index contributed by atoms with van der Waals surface area (Å²) in [6.07, 6.45) is 6.07. The molecule has 0 aromatic heterocycles. The van der Waals surface area contributed by atoms with Gasteiger partial charge < -0.3 is 5.32 Å². The molecule has 2 fully saturated rings. The first-order valence-corrected chi connectivity index (χ1v) is 11.2. The predicted molar refractivity (Wildman–Crippen MR) is 102 cm³/mol. The van der Waals surface area contributed by atoms with Gasteiger partial charge in [0.25, 0.3) is 0 Å². The van der Waals surface area contributed by atoms with E-state index in [-0.39, 0.29) is 24.4 Å². The third-order valence-electron chi connectivity index (χ3n) is 5.85. The Hall–Kier alpha value is -1.40. The minimum atomic E-state index is -3.54. The van der Waals surface area contributed by atoms with Crippen LogP contribution in [0, 0.1) is 18.8 Å². The number of carbonyl (C=O) groups excluding carboxylic acids is 1. The number of aryl methyl sites for hydroxylation is 1. The maximum absolute atomic E-state index is 12.9. The van der Waals surface area contributed by atoms with Crippen LogP contribution < -0.4 is 5.32 Å². The van der Waals surface area contributed by atoms with Gasteiger partial charge in [0.1, 0.15) is 0 Å². The minimum absolute atomic E-state index is 0.0209. The van der Waals surface area contributed by atoms with Gasteiger partial charge in [0.2, 0.25) is 15.9 Å². The highest BCUT2D eigenvalue weighted by atomic mass is 32.2. The Bertz CT molecular complexity index is 730. The highest BCUT2D eigenvalue weighted by Crippen LogP contribution is 2.27. The molecule has 6 heteroatoms.